The van der Waals surface area contributed by atoms with Gasteiger partial charge in [0.25, 0.3) is 0 Å². The van der Waals surface area contributed by atoms with Crippen molar-refractivity contribution in [2.45, 2.75) is 31.8 Å². The second-order valence-corrected chi connectivity index (χ2v) is 5.21. The second kappa shape index (κ2) is 6.26. The first kappa shape index (κ1) is 14.2. The molecule has 0 aliphatic carbocycles. The van der Waals surface area contributed by atoms with Gasteiger partial charge in [-0.25, -0.2) is 0 Å². The third kappa shape index (κ3) is 3.39. The first-order valence-electron chi connectivity index (χ1n) is 6.41. The number of nitrogens with zero attached hydrogens (tertiary/aromatic N) is 1. The summed E-state index contributed by atoms with van der Waals surface area (Å²) in [6.07, 6.45) is 2.71. The lowest BCUT2D eigenvalue weighted by Gasteiger charge is -2.33. The largest absolute Gasteiger partial charge is 0.496 e. The molecular formula is C14H18ClNO3. The molecule has 5 heteroatoms. The van der Waals surface area contributed by atoms with E-state index < -0.39 is 12.0 Å². The fourth-order valence-corrected chi connectivity index (χ4v) is 2.74. The molecule has 2 rings (SSSR count). The quantitative estimate of drug-likeness (QED) is 0.923. The third-order valence-corrected chi connectivity index (χ3v) is 3.75. The maximum Gasteiger partial charge on any atom is 0.320 e. The van der Waals surface area contributed by atoms with Gasteiger partial charge in [-0.2, -0.15) is 0 Å². The Hall–Kier alpha value is -1.26. The monoisotopic (exact) mass is 283 g/mol. The number of carboxylic acids is 1. The van der Waals surface area contributed by atoms with Crippen LogP contribution in [0.25, 0.3) is 0 Å². The number of hydrogen-bond acceptors (Lipinski definition) is 3. The highest BCUT2D eigenvalue weighted by Crippen LogP contribution is 2.27. The zero-order valence-electron chi connectivity index (χ0n) is 10.9. The number of carbonyl (C=O) groups is 1. The van der Waals surface area contributed by atoms with Gasteiger partial charge in [-0.3, -0.25) is 9.69 Å². The first-order valence-corrected chi connectivity index (χ1v) is 6.79. The summed E-state index contributed by atoms with van der Waals surface area (Å²) >= 11 is 6.00. The first-order chi connectivity index (χ1) is 9.11. The summed E-state index contributed by atoms with van der Waals surface area (Å²) in [6, 6.07) is 5.03. The van der Waals surface area contributed by atoms with Crippen molar-refractivity contribution < 1.29 is 14.6 Å². The zero-order chi connectivity index (χ0) is 13.8. The van der Waals surface area contributed by atoms with E-state index in [9.17, 15) is 9.90 Å². The number of carboxylic acid groups (broad SMARTS) is 1. The standard InChI is InChI=1S/C14H18ClNO3/c1-19-13-6-5-11(15)8-10(13)9-16-7-3-2-4-12(16)14(17)18/h5-6,8,12H,2-4,7,9H2,1H3,(H,17,18). The molecule has 0 bridgehead atoms. The summed E-state index contributed by atoms with van der Waals surface area (Å²) in [5.41, 5.74) is 0.933. The van der Waals surface area contributed by atoms with Crippen LogP contribution in [0.2, 0.25) is 5.02 Å². The van der Waals surface area contributed by atoms with Gasteiger partial charge in [0.05, 0.1) is 7.11 Å². The molecule has 0 radical (unpaired) electrons. The van der Waals surface area contributed by atoms with Gasteiger partial charge >= 0.3 is 5.97 Å². The van der Waals surface area contributed by atoms with Crippen LogP contribution in [0, 0.1) is 0 Å². The van der Waals surface area contributed by atoms with Crippen molar-refractivity contribution >= 4 is 17.6 Å². The molecule has 1 unspecified atom stereocenters. The molecule has 19 heavy (non-hydrogen) atoms. The van der Waals surface area contributed by atoms with Gasteiger partial charge in [0.15, 0.2) is 0 Å². The number of likely N-dealkylation sites (tertiary alicyclic amines) is 1. The van der Waals surface area contributed by atoms with E-state index in [0.717, 1.165) is 30.7 Å². The molecular weight excluding hydrogens is 266 g/mol. The van der Waals surface area contributed by atoms with E-state index in [0.29, 0.717) is 18.0 Å². The molecule has 1 N–H and O–H groups in total. The molecule has 1 atom stereocenters. The van der Waals surface area contributed by atoms with Crippen molar-refractivity contribution in [2.75, 3.05) is 13.7 Å². The number of ether oxygens (including phenoxy) is 1. The lowest BCUT2D eigenvalue weighted by molar-refractivity contribution is -0.144. The Kier molecular flexibility index (Phi) is 4.66. The zero-order valence-corrected chi connectivity index (χ0v) is 11.7. The lowest BCUT2D eigenvalue weighted by atomic mass is 10.0. The summed E-state index contributed by atoms with van der Waals surface area (Å²) in [4.78, 5) is 13.3. The molecule has 0 amide bonds. The predicted molar refractivity (Wildman–Crippen MR) is 73.7 cm³/mol. The van der Waals surface area contributed by atoms with Crippen molar-refractivity contribution in [3.63, 3.8) is 0 Å². The molecule has 1 aromatic carbocycles. The maximum atomic E-state index is 11.3. The number of benzene rings is 1. The molecule has 1 heterocycles. The summed E-state index contributed by atoms with van der Waals surface area (Å²) in [6.45, 7) is 1.35. The summed E-state index contributed by atoms with van der Waals surface area (Å²) in [7, 11) is 1.61. The SMILES string of the molecule is COc1ccc(Cl)cc1CN1CCCCC1C(=O)O. The molecule has 1 aromatic rings. The highest BCUT2D eigenvalue weighted by molar-refractivity contribution is 6.30. The average Bonchev–Trinajstić information content (AvgIpc) is 2.39. The molecule has 1 aliphatic heterocycles. The Morgan fingerprint density at radius 3 is 3.00 bits per heavy atom. The van der Waals surface area contributed by atoms with Crippen molar-refractivity contribution in [3.8, 4) is 5.75 Å². The molecule has 104 valence electrons. The Bertz CT molecular complexity index is 464. The fourth-order valence-electron chi connectivity index (χ4n) is 2.55. The predicted octanol–water partition coefficient (Wildman–Crippen LogP) is 2.79. The molecule has 1 fully saturated rings. The van der Waals surface area contributed by atoms with Gasteiger partial charge in [0.2, 0.25) is 0 Å². The normalized spacial score (nSPS) is 20.2. The minimum atomic E-state index is -0.749. The number of halogens is 1. The maximum absolute atomic E-state index is 11.3. The minimum Gasteiger partial charge on any atom is -0.496 e. The Morgan fingerprint density at radius 1 is 1.53 bits per heavy atom. The molecule has 1 saturated heterocycles. The van der Waals surface area contributed by atoms with Gasteiger partial charge < -0.3 is 9.84 Å². The molecule has 4 nitrogen and oxygen atoms in total. The number of rotatable bonds is 4. The van der Waals surface area contributed by atoms with E-state index in [-0.39, 0.29) is 0 Å². The van der Waals surface area contributed by atoms with Crippen LogP contribution in [0.15, 0.2) is 18.2 Å². The van der Waals surface area contributed by atoms with Gasteiger partial charge in [-0.05, 0) is 37.6 Å². The van der Waals surface area contributed by atoms with Crippen molar-refractivity contribution in [1.29, 1.82) is 0 Å². The van der Waals surface area contributed by atoms with Crippen molar-refractivity contribution in [2.24, 2.45) is 0 Å². The van der Waals surface area contributed by atoms with Gasteiger partial charge in [-0.1, -0.05) is 18.0 Å². The van der Waals surface area contributed by atoms with Crippen LogP contribution >= 0.6 is 11.6 Å². The van der Waals surface area contributed by atoms with Gasteiger partial charge in [0, 0.05) is 17.1 Å². The molecule has 1 aliphatic rings. The van der Waals surface area contributed by atoms with E-state index in [2.05, 4.69) is 0 Å². The van der Waals surface area contributed by atoms with Gasteiger partial charge in [0.1, 0.15) is 11.8 Å². The highest BCUT2D eigenvalue weighted by Gasteiger charge is 2.28. The summed E-state index contributed by atoms with van der Waals surface area (Å²) in [5, 5.41) is 9.91. The van der Waals surface area contributed by atoms with Crippen LogP contribution in [0.1, 0.15) is 24.8 Å². The highest BCUT2D eigenvalue weighted by atomic mass is 35.5. The second-order valence-electron chi connectivity index (χ2n) is 4.78. The van der Waals surface area contributed by atoms with Crippen LogP contribution in [-0.2, 0) is 11.3 Å². The van der Waals surface area contributed by atoms with Crippen LogP contribution in [0.4, 0.5) is 0 Å². The smallest absolute Gasteiger partial charge is 0.320 e. The van der Waals surface area contributed by atoms with Gasteiger partial charge in [-0.15, -0.1) is 0 Å². The van der Waals surface area contributed by atoms with Crippen LogP contribution in [-0.4, -0.2) is 35.7 Å². The van der Waals surface area contributed by atoms with E-state index >= 15 is 0 Å². The van der Waals surface area contributed by atoms with E-state index in [1.54, 1.807) is 13.2 Å². The Balaban J connectivity index is 2.18. The number of aliphatic carboxylic acids is 1. The molecule has 0 saturated carbocycles. The van der Waals surface area contributed by atoms with Crippen molar-refractivity contribution in [1.82, 2.24) is 4.90 Å². The van der Waals surface area contributed by atoms with E-state index in [1.807, 2.05) is 17.0 Å². The van der Waals surface area contributed by atoms with Crippen LogP contribution in [0.5, 0.6) is 5.75 Å². The third-order valence-electron chi connectivity index (χ3n) is 3.51. The Morgan fingerprint density at radius 2 is 2.32 bits per heavy atom. The molecule has 0 spiro atoms. The Labute approximate surface area is 117 Å². The topological polar surface area (TPSA) is 49.8 Å². The lowest BCUT2D eigenvalue weighted by Crippen LogP contribution is -2.44. The number of methoxy groups -OCH3 is 1. The fraction of sp³-hybridized carbons (Fsp3) is 0.500. The summed E-state index contributed by atoms with van der Waals surface area (Å²) in [5.74, 6) is -0.000179. The van der Waals surface area contributed by atoms with Crippen LogP contribution in [0.3, 0.4) is 0 Å². The summed E-state index contributed by atoms with van der Waals surface area (Å²) < 4.78 is 5.30. The minimum absolute atomic E-state index is 0.405. The van der Waals surface area contributed by atoms with E-state index in [4.69, 9.17) is 16.3 Å². The molecule has 0 aromatic heterocycles. The van der Waals surface area contributed by atoms with Crippen LogP contribution < -0.4 is 4.74 Å². The van der Waals surface area contributed by atoms with E-state index in [1.165, 1.54) is 0 Å². The average molecular weight is 284 g/mol. The number of hydrogen-bond donors (Lipinski definition) is 1. The number of piperidine rings is 1. The van der Waals surface area contributed by atoms with Crippen molar-refractivity contribution in [3.05, 3.63) is 28.8 Å².